The molecule has 83 heavy (non-hydrogen) atoms. The average molecular weight is 1150 g/mol. The summed E-state index contributed by atoms with van der Waals surface area (Å²) in [5, 5.41) is 47.2. The number of ether oxygens (including phenoxy) is 4. The number of aliphatic hydroxyl groups excluding tert-OH is 2. The Hall–Kier alpha value is -8.15. The predicted octanol–water partition coefficient (Wildman–Crippen LogP) is 6.77. The van der Waals surface area contributed by atoms with Crippen molar-refractivity contribution in [3.05, 3.63) is 133 Å². The van der Waals surface area contributed by atoms with Crippen LogP contribution in [0.15, 0.2) is 82.8 Å². The topological polar surface area (TPSA) is 274 Å². The summed E-state index contributed by atoms with van der Waals surface area (Å²) in [6.45, 7) is 12.3. The quantitative estimate of drug-likeness (QED) is 0.125. The molecule has 440 valence electrons. The zero-order valence-electron chi connectivity index (χ0n) is 47.0. The highest BCUT2D eigenvalue weighted by molar-refractivity contribution is 6.32. The molecule has 5 aliphatic heterocycles. The van der Waals surface area contributed by atoms with E-state index >= 15 is 18.4 Å². The number of phenols is 1. The lowest BCUT2D eigenvalue weighted by atomic mass is 9.77. The second kappa shape index (κ2) is 22.5. The number of aromatic hydroxyl groups is 1. The number of carbonyl (C=O) groups is 6. The number of carbonyl (C=O) groups excluding carboxylic acids is 5. The third-order valence-corrected chi connectivity index (χ3v) is 17.0. The van der Waals surface area contributed by atoms with Gasteiger partial charge in [-0.15, -0.1) is 0 Å². The number of fused-ring (bicyclic) bond motifs is 15. The standard InChI is InChI=1S/C60H64F3N5O15/c1-27-12-10-13-28(2)57(77)64-44-45(66-19-11-17-60(25-66)18-20-67(26-60)56-38(63)23-35-49(73)36(58(78)79)24-68(55(35)65-56)39-15-14-34(61)22-37(39)62)51(75)41-42(50(44)74)48(72)32(6)53-43(41)54(76)59(8,83-53)81-21-16-40(80-9)29(3)52(82-33(7)69)31(5)47(71)30(4)46(27)70/h10,12-16,21-24,27,29-31,40,46-47,52,70-72H,11,17-20,25-26H2,1-9H3,(H,64,77)(H,78,79)/b12-10+,21-16+,28-13-/t27-,29+,30+,31-,40-,46-,47+,52-,59-,60?/m0/s1. The number of benzene rings is 2. The van der Waals surface area contributed by atoms with Crippen molar-refractivity contribution >= 4 is 52.0 Å². The number of amides is 1. The second-order valence-electron chi connectivity index (χ2n) is 22.5. The Bertz CT molecular complexity index is 3610. The minimum absolute atomic E-state index is 0.00754. The van der Waals surface area contributed by atoms with Crippen LogP contribution in [0.1, 0.15) is 115 Å². The van der Waals surface area contributed by atoms with Crippen LogP contribution in [0, 0.1) is 53.5 Å². The Morgan fingerprint density at radius 2 is 1.58 bits per heavy atom. The molecule has 4 aromatic rings. The maximum absolute atomic E-state index is 16.5. The zero-order valence-corrected chi connectivity index (χ0v) is 47.0. The number of aromatic carboxylic acids is 1. The molecule has 0 radical (unpaired) electrons. The molecule has 23 heteroatoms. The van der Waals surface area contributed by atoms with Crippen LogP contribution in [0.2, 0.25) is 0 Å². The molecule has 10 atom stereocenters. The largest absolute Gasteiger partial charge is 0.507 e. The number of piperidine rings is 1. The molecule has 10 rings (SSSR count). The lowest BCUT2D eigenvalue weighted by molar-refractivity contribution is -0.160. The van der Waals surface area contributed by atoms with E-state index in [0.717, 1.165) is 35.2 Å². The number of pyridine rings is 2. The van der Waals surface area contributed by atoms with Gasteiger partial charge in [0.05, 0.1) is 52.3 Å². The number of phenolic OH excluding ortho intramolecular Hbond substituents is 1. The Labute approximate surface area is 474 Å². The molecule has 2 aromatic heterocycles. The molecule has 2 saturated heterocycles. The van der Waals surface area contributed by atoms with E-state index in [1.54, 1.807) is 43.6 Å². The summed E-state index contributed by atoms with van der Waals surface area (Å²) >= 11 is 0. The number of esters is 1. The number of nitrogens with zero attached hydrogens (tertiary/aromatic N) is 4. The Balaban J connectivity index is 1.13. The van der Waals surface area contributed by atoms with Crippen molar-refractivity contribution in [2.75, 3.05) is 38.2 Å². The predicted molar refractivity (Wildman–Crippen MR) is 292 cm³/mol. The number of ketones is 3. The minimum Gasteiger partial charge on any atom is -0.507 e. The van der Waals surface area contributed by atoms with Gasteiger partial charge in [0.1, 0.15) is 46.2 Å². The molecule has 5 N–H and O–H groups in total. The van der Waals surface area contributed by atoms with Gasteiger partial charge >= 0.3 is 17.7 Å². The number of likely N-dealkylation sites (tertiary alicyclic amines) is 1. The van der Waals surface area contributed by atoms with Crippen molar-refractivity contribution < 1.29 is 81.3 Å². The number of halogens is 3. The number of carboxylic acids is 1. The van der Waals surface area contributed by atoms with Crippen LogP contribution < -0.4 is 20.4 Å². The number of methoxy groups -OCH3 is 1. The number of Topliss-reactive ketones (excluding diaryl/α,β-unsaturated/α-hetero) is 3. The van der Waals surface area contributed by atoms with Gasteiger partial charge in [0.25, 0.3) is 11.7 Å². The van der Waals surface area contributed by atoms with E-state index in [2.05, 4.69) is 10.3 Å². The highest BCUT2D eigenvalue weighted by atomic mass is 19.1. The first-order valence-corrected chi connectivity index (χ1v) is 27.1. The van der Waals surface area contributed by atoms with Crippen molar-refractivity contribution in [1.29, 1.82) is 0 Å². The molecule has 2 fully saturated rings. The number of allylic oxidation sites excluding steroid dienone is 4. The normalized spacial score (nSPS) is 29.3. The summed E-state index contributed by atoms with van der Waals surface area (Å²) in [7, 11) is 1.39. The van der Waals surface area contributed by atoms with Crippen LogP contribution in [0.3, 0.4) is 0 Å². The highest BCUT2D eigenvalue weighted by Gasteiger charge is 2.54. The molecule has 1 unspecified atom stereocenters. The summed E-state index contributed by atoms with van der Waals surface area (Å²) in [4.78, 5) is 106. The van der Waals surface area contributed by atoms with Gasteiger partial charge in [0.2, 0.25) is 17.0 Å². The first-order valence-electron chi connectivity index (χ1n) is 27.1. The molecule has 20 nitrogen and oxygen atoms in total. The third kappa shape index (κ3) is 10.6. The maximum atomic E-state index is 16.5. The summed E-state index contributed by atoms with van der Waals surface area (Å²) in [5.41, 5.74) is -5.85. The van der Waals surface area contributed by atoms with Gasteiger partial charge in [-0.05, 0) is 57.4 Å². The first-order chi connectivity index (χ1) is 39.1. The number of rotatable bonds is 6. The Kier molecular flexibility index (Phi) is 16.2. The number of aromatic nitrogens is 2. The molecular formula is C60H64F3N5O15. The summed E-state index contributed by atoms with van der Waals surface area (Å²) in [6.07, 6.45) is 4.81. The van der Waals surface area contributed by atoms with Crippen molar-refractivity contribution in [3.63, 3.8) is 0 Å². The zero-order chi connectivity index (χ0) is 60.5. The van der Waals surface area contributed by atoms with Crippen molar-refractivity contribution in [2.45, 2.75) is 105 Å². The van der Waals surface area contributed by atoms with Gasteiger partial charge in [-0.3, -0.25) is 33.3 Å². The summed E-state index contributed by atoms with van der Waals surface area (Å²) in [5.74, 6) is -15.5. The van der Waals surface area contributed by atoms with Crippen LogP contribution in [0.4, 0.5) is 19.0 Å². The Morgan fingerprint density at radius 1 is 0.867 bits per heavy atom. The summed E-state index contributed by atoms with van der Waals surface area (Å²) in [6, 6.07) is 3.29. The van der Waals surface area contributed by atoms with E-state index in [-0.39, 0.29) is 71.5 Å². The number of hydrogen-bond acceptors (Lipinski definition) is 17. The van der Waals surface area contributed by atoms with Gasteiger partial charge in [0, 0.05) is 99.6 Å². The maximum Gasteiger partial charge on any atom is 0.341 e. The molecule has 1 spiro atoms. The lowest BCUT2D eigenvalue weighted by Crippen LogP contribution is -2.49. The fourth-order valence-electron chi connectivity index (χ4n) is 12.3. The van der Waals surface area contributed by atoms with Gasteiger partial charge in [-0.25, -0.2) is 22.9 Å². The smallest absolute Gasteiger partial charge is 0.341 e. The van der Waals surface area contributed by atoms with Crippen LogP contribution in [-0.4, -0.2) is 134 Å². The molecule has 5 bridgehead atoms. The van der Waals surface area contributed by atoms with E-state index in [9.17, 15) is 48.8 Å². The fraction of sp³-hybridized carbons (Fsp3) is 0.433. The van der Waals surface area contributed by atoms with Crippen LogP contribution in [0.5, 0.6) is 11.5 Å². The van der Waals surface area contributed by atoms with Gasteiger partial charge in [-0.1, -0.05) is 45.9 Å². The molecule has 7 heterocycles. The van der Waals surface area contributed by atoms with E-state index in [0.29, 0.717) is 25.3 Å². The number of nitrogens with one attached hydrogen (secondary N) is 1. The molecule has 6 aliphatic rings. The monoisotopic (exact) mass is 1150 g/mol. The summed E-state index contributed by atoms with van der Waals surface area (Å²) < 4.78 is 70.7. The van der Waals surface area contributed by atoms with Crippen LogP contribution in [0.25, 0.3) is 16.7 Å². The van der Waals surface area contributed by atoms with E-state index in [1.165, 1.54) is 53.0 Å². The van der Waals surface area contributed by atoms with Crippen molar-refractivity contribution in [3.8, 4) is 17.2 Å². The molecule has 0 saturated carbocycles. The van der Waals surface area contributed by atoms with E-state index < -0.39 is 151 Å². The number of carboxylic acid groups (broad SMARTS) is 1. The molecule has 1 amide bonds. The second-order valence-corrected chi connectivity index (χ2v) is 22.5. The highest BCUT2D eigenvalue weighted by Crippen LogP contribution is 2.50. The molecular weight excluding hydrogens is 1090 g/mol. The molecule has 1 aliphatic carbocycles. The van der Waals surface area contributed by atoms with Crippen LogP contribution in [-0.2, 0) is 23.8 Å². The molecule has 2 aromatic carbocycles. The van der Waals surface area contributed by atoms with Crippen LogP contribution >= 0.6 is 0 Å². The van der Waals surface area contributed by atoms with Gasteiger partial charge < -0.3 is 54.5 Å². The number of hydrogen-bond donors (Lipinski definition) is 5. The Morgan fingerprint density at radius 3 is 2.25 bits per heavy atom. The van der Waals surface area contributed by atoms with Crippen molar-refractivity contribution in [2.24, 2.45) is 29.1 Å². The van der Waals surface area contributed by atoms with E-state index in [4.69, 9.17) is 18.9 Å². The first kappa shape index (κ1) is 59.5. The lowest BCUT2D eigenvalue weighted by Gasteiger charge is -2.43. The average Bonchev–Trinajstić information content (AvgIpc) is 1.98. The number of anilines is 1. The van der Waals surface area contributed by atoms with Gasteiger partial charge in [-0.2, -0.15) is 0 Å². The van der Waals surface area contributed by atoms with Gasteiger partial charge in [0.15, 0.2) is 17.3 Å². The fourth-order valence-corrected chi connectivity index (χ4v) is 12.3. The number of aliphatic hydroxyl groups is 2. The minimum atomic E-state index is -2.23. The SMILES string of the molecule is CO[C@H]1/C=C/O[C@@]2(C)Oc3c(C)c(O)c4c(c3C2=O)C(=O)C(N2CCCC3(CCN(c5nc6c(cc5F)c(=O)c(C(=O)O)cn6-c5ccc(F)cc5F)C3)C2)=C(NC(=O)/C(C)=C\C=C\[C@H](C)[C@H](O)[C@@H](C)[C@@H](O)[C@H](C)[C@@H](OC(C)=O)[C@@H]1C)C4=O. The third-order valence-electron chi connectivity index (χ3n) is 17.0. The van der Waals surface area contributed by atoms with E-state index in [1.807, 2.05) is 0 Å². The van der Waals surface area contributed by atoms with Crippen molar-refractivity contribution in [1.82, 2.24) is 19.8 Å².